The number of aliphatic imine (C=N–C) groups is 1. The van der Waals surface area contributed by atoms with Crippen molar-refractivity contribution in [1.29, 1.82) is 0 Å². The van der Waals surface area contributed by atoms with Crippen LogP contribution in [0.25, 0.3) is 0 Å². The zero-order valence-electron chi connectivity index (χ0n) is 18.6. The minimum absolute atomic E-state index is 0. The van der Waals surface area contributed by atoms with Gasteiger partial charge in [0.2, 0.25) is 5.91 Å². The maximum atomic E-state index is 12.0. The van der Waals surface area contributed by atoms with E-state index in [4.69, 9.17) is 0 Å². The van der Waals surface area contributed by atoms with Crippen LogP contribution in [0.4, 0.5) is 0 Å². The van der Waals surface area contributed by atoms with Crippen LogP contribution in [-0.4, -0.2) is 68.0 Å². The van der Waals surface area contributed by atoms with E-state index in [2.05, 4.69) is 39.6 Å². The van der Waals surface area contributed by atoms with E-state index < -0.39 is 0 Å². The van der Waals surface area contributed by atoms with E-state index in [9.17, 15) is 4.79 Å². The van der Waals surface area contributed by atoms with Gasteiger partial charge in [0, 0.05) is 39.8 Å². The first-order chi connectivity index (χ1) is 14.0. The molecule has 1 saturated heterocycles. The zero-order chi connectivity index (χ0) is 20.6. The molecule has 0 radical (unpaired) electrons. The fourth-order valence-corrected chi connectivity index (χ4v) is 4.32. The number of benzene rings is 1. The van der Waals surface area contributed by atoms with Gasteiger partial charge in [-0.3, -0.25) is 4.79 Å². The minimum atomic E-state index is 0. The number of halogens is 1. The second-order valence-corrected chi connectivity index (χ2v) is 8.77. The van der Waals surface area contributed by atoms with E-state index in [1.54, 1.807) is 19.0 Å². The molecule has 3 rings (SSSR count). The smallest absolute Gasteiger partial charge is 0.243 e. The Morgan fingerprint density at radius 2 is 1.90 bits per heavy atom. The van der Waals surface area contributed by atoms with Gasteiger partial charge in [0.25, 0.3) is 0 Å². The van der Waals surface area contributed by atoms with Crippen LogP contribution in [-0.2, 0) is 4.79 Å². The van der Waals surface area contributed by atoms with Crippen LogP contribution in [0.2, 0.25) is 0 Å². The van der Waals surface area contributed by atoms with Crippen LogP contribution < -0.4 is 10.6 Å². The van der Waals surface area contributed by atoms with E-state index in [1.165, 1.54) is 37.8 Å². The van der Waals surface area contributed by atoms with Gasteiger partial charge in [-0.1, -0.05) is 43.2 Å². The molecule has 1 saturated carbocycles. The first-order valence-electron chi connectivity index (χ1n) is 11.1. The molecule has 30 heavy (non-hydrogen) atoms. The molecule has 1 aromatic rings. The van der Waals surface area contributed by atoms with Crippen LogP contribution in [0.15, 0.2) is 35.3 Å². The highest BCUT2D eigenvalue weighted by Gasteiger charge is 2.27. The molecule has 2 fully saturated rings. The molecule has 168 valence electrons. The van der Waals surface area contributed by atoms with Crippen LogP contribution in [0.5, 0.6) is 0 Å². The number of carbonyl (C=O) groups is 1. The van der Waals surface area contributed by atoms with Crippen molar-refractivity contribution in [2.24, 2.45) is 10.9 Å². The number of likely N-dealkylation sites (N-methyl/N-ethyl adjacent to an activating group) is 1. The Hall–Kier alpha value is -1.35. The fraction of sp³-hybridized carbons (Fsp3) is 0.652. The van der Waals surface area contributed by atoms with Crippen molar-refractivity contribution in [3.63, 3.8) is 0 Å². The molecular weight excluding hydrogens is 489 g/mol. The molecule has 0 bridgehead atoms. The van der Waals surface area contributed by atoms with E-state index in [1.807, 2.05) is 18.2 Å². The number of hydrogen-bond acceptors (Lipinski definition) is 3. The predicted molar refractivity (Wildman–Crippen MR) is 134 cm³/mol. The third-order valence-corrected chi connectivity index (χ3v) is 6.13. The Balaban J connectivity index is 0.00000320. The van der Waals surface area contributed by atoms with Gasteiger partial charge in [-0.15, -0.1) is 24.0 Å². The van der Waals surface area contributed by atoms with Gasteiger partial charge in [-0.2, -0.15) is 0 Å². The summed E-state index contributed by atoms with van der Waals surface area (Å²) in [6.07, 6.45) is 6.71. The predicted octanol–water partition coefficient (Wildman–Crippen LogP) is 3.25. The van der Waals surface area contributed by atoms with Crippen LogP contribution >= 0.6 is 24.0 Å². The average Bonchev–Trinajstić information content (AvgIpc) is 3.39. The van der Waals surface area contributed by atoms with Crippen molar-refractivity contribution >= 4 is 35.8 Å². The molecule has 2 atom stereocenters. The summed E-state index contributed by atoms with van der Waals surface area (Å²) in [5.74, 6) is 1.62. The highest BCUT2D eigenvalue weighted by Crippen LogP contribution is 2.26. The Morgan fingerprint density at radius 1 is 1.20 bits per heavy atom. The number of nitrogens with zero attached hydrogens (tertiary/aromatic N) is 3. The SMILES string of the molecule is CC(NC(=NCC(=O)N(C)C)NC1CCN(CC2CCCC2)C1)c1ccccc1.I. The van der Waals surface area contributed by atoms with Gasteiger partial charge in [0.15, 0.2) is 5.96 Å². The summed E-state index contributed by atoms with van der Waals surface area (Å²) >= 11 is 0. The minimum Gasteiger partial charge on any atom is -0.352 e. The normalized spacial score (nSPS) is 21.2. The lowest BCUT2D eigenvalue weighted by Crippen LogP contribution is -2.46. The van der Waals surface area contributed by atoms with Crippen molar-refractivity contribution in [3.05, 3.63) is 35.9 Å². The van der Waals surface area contributed by atoms with Crippen molar-refractivity contribution in [3.8, 4) is 0 Å². The molecule has 2 N–H and O–H groups in total. The van der Waals surface area contributed by atoms with Crippen LogP contribution in [0.3, 0.4) is 0 Å². The number of rotatable bonds is 7. The van der Waals surface area contributed by atoms with E-state index in [0.29, 0.717) is 6.04 Å². The van der Waals surface area contributed by atoms with Crippen molar-refractivity contribution in [2.75, 3.05) is 40.3 Å². The standard InChI is InChI=1S/C23H37N5O.HI/c1-18(20-11-5-4-6-12-20)25-23(24-15-22(29)27(2)3)26-21-13-14-28(17-21)16-19-9-7-8-10-19;/h4-6,11-12,18-19,21H,7-10,13-17H2,1-3H3,(H2,24,25,26);1H. The molecule has 7 heteroatoms. The van der Waals surface area contributed by atoms with Gasteiger partial charge in [-0.25, -0.2) is 4.99 Å². The number of amides is 1. The zero-order valence-corrected chi connectivity index (χ0v) is 21.0. The molecule has 1 aliphatic heterocycles. The van der Waals surface area contributed by atoms with Crippen molar-refractivity contribution in [1.82, 2.24) is 20.4 Å². The molecule has 1 aliphatic carbocycles. The van der Waals surface area contributed by atoms with Gasteiger partial charge < -0.3 is 20.4 Å². The molecule has 2 unspecified atom stereocenters. The lowest BCUT2D eigenvalue weighted by atomic mass is 10.1. The van der Waals surface area contributed by atoms with Gasteiger partial charge in [0.05, 0.1) is 6.04 Å². The first kappa shape index (κ1) is 24.9. The number of likely N-dealkylation sites (tertiary alicyclic amines) is 1. The quantitative estimate of drug-likeness (QED) is 0.325. The van der Waals surface area contributed by atoms with Gasteiger partial charge in [-0.05, 0) is 37.7 Å². The summed E-state index contributed by atoms with van der Waals surface area (Å²) in [6, 6.07) is 10.8. The van der Waals surface area contributed by atoms with Gasteiger partial charge >= 0.3 is 0 Å². The van der Waals surface area contributed by atoms with Gasteiger partial charge in [0.1, 0.15) is 6.54 Å². The summed E-state index contributed by atoms with van der Waals surface area (Å²) in [7, 11) is 3.53. The van der Waals surface area contributed by atoms with E-state index in [0.717, 1.165) is 31.4 Å². The lowest BCUT2D eigenvalue weighted by molar-refractivity contribution is -0.127. The summed E-state index contributed by atoms with van der Waals surface area (Å²) in [5, 5.41) is 7.08. The van der Waals surface area contributed by atoms with Crippen molar-refractivity contribution < 1.29 is 4.79 Å². The largest absolute Gasteiger partial charge is 0.352 e. The van der Waals surface area contributed by atoms with Crippen LogP contribution in [0.1, 0.15) is 50.6 Å². The monoisotopic (exact) mass is 527 g/mol. The number of carbonyl (C=O) groups excluding carboxylic acids is 1. The molecule has 1 amide bonds. The average molecular weight is 527 g/mol. The molecular formula is C23H38IN5O. The molecule has 1 heterocycles. The third kappa shape index (κ3) is 7.72. The summed E-state index contributed by atoms with van der Waals surface area (Å²) < 4.78 is 0. The first-order valence-corrected chi connectivity index (χ1v) is 11.1. The Labute approximate surface area is 198 Å². The van der Waals surface area contributed by atoms with Crippen molar-refractivity contribution in [2.45, 2.75) is 51.1 Å². The molecule has 1 aromatic carbocycles. The maximum Gasteiger partial charge on any atom is 0.243 e. The Kier molecular flexibility index (Phi) is 10.4. The molecule has 0 aromatic heterocycles. The van der Waals surface area contributed by atoms with E-state index in [-0.39, 0.29) is 42.5 Å². The topological polar surface area (TPSA) is 60.0 Å². The Morgan fingerprint density at radius 3 is 2.57 bits per heavy atom. The lowest BCUT2D eigenvalue weighted by Gasteiger charge is -2.23. The summed E-state index contributed by atoms with van der Waals surface area (Å²) in [4.78, 5) is 20.8. The maximum absolute atomic E-state index is 12.0. The number of guanidine groups is 1. The third-order valence-electron chi connectivity index (χ3n) is 6.13. The highest BCUT2D eigenvalue weighted by atomic mass is 127. The number of nitrogens with one attached hydrogen (secondary N) is 2. The molecule has 6 nitrogen and oxygen atoms in total. The Bertz CT molecular complexity index is 675. The van der Waals surface area contributed by atoms with E-state index >= 15 is 0 Å². The number of hydrogen-bond donors (Lipinski definition) is 2. The fourth-order valence-electron chi connectivity index (χ4n) is 4.32. The second-order valence-electron chi connectivity index (χ2n) is 8.77. The molecule has 2 aliphatic rings. The molecule has 0 spiro atoms. The second kappa shape index (κ2) is 12.5. The summed E-state index contributed by atoms with van der Waals surface area (Å²) in [5.41, 5.74) is 1.20. The highest BCUT2D eigenvalue weighted by molar-refractivity contribution is 14.0. The summed E-state index contributed by atoms with van der Waals surface area (Å²) in [6.45, 7) is 5.71. The van der Waals surface area contributed by atoms with Crippen LogP contribution in [0, 0.1) is 5.92 Å².